The maximum absolute atomic E-state index is 12.1. The Morgan fingerprint density at radius 1 is 1.30 bits per heavy atom. The van der Waals surface area contributed by atoms with E-state index in [1.54, 1.807) is 0 Å². The van der Waals surface area contributed by atoms with Crippen molar-refractivity contribution >= 4 is 11.7 Å². The number of aliphatic hydroxyl groups is 1. The second-order valence-corrected chi connectivity index (χ2v) is 6.32. The molecule has 0 radical (unpaired) electrons. The minimum Gasteiger partial charge on any atom is -0.494 e. The number of aliphatic hydroxyl groups excluding tert-OH is 1. The molecular formula is C18H28N2O3. The van der Waals surface area contributed by atoms with Crippen LogP contribution in [-0.4, -0.2) is 30.4 Å². The van der Waals surface area contributed by atoms with Crippen LogP contribution < -0.4 is 15.4 Å². The summed E-state index contributed by atoms with van der Waals surface area (Å²) >= 11 is 0. The molecule has 0 bridgehead atoms. The van der Waals surface area contributed by atoms with Gasteiger partial charge in [-0.15, -0.1) is 0 Å². The van der Waals surface area contributed by atoms with Crippen LogP contribution in [0.4, 0.5) is 10.5 Å². The van der Waals surface area contributed by atoms with E-state index in [1.807, 2.05) is 25.1 Å². The molecule has 0 atom stereocenters. The van der Waals surface area contributed by atoms with E-state index in [9.17, 15) is 4.79 Å². The van der Waals surface area contributed by atoms with E-state index in [1.165, 1.54) is 0 Å². The molecule has 5 heteroatoms. The molecule has 1 saturated carbocycles. The second-order valence-electron chi connectivity index (χ2n) is 6.32. The molecule has 1 aliphatic carbocycles. The lowest BCUT2D eigenvalue weighted by Crippen LogP contribution is -2.40. The highest BCUT2D eigenvalue weighted by Gasteiger charge is 2.21. The van der Waals surface area contributed by atoms with Gasteiger partial charge >= 0.3 is 6.03 Å². The smallest absolute Gasteiger partial charge is 0.319 e. The predicted molar refractivity (Wildman–Crippen MR) is 92.0 cm³/mol. The molecule has 0 aliphatic heterocycles. The number of ether oxygens (including phenoxy) is 1. The van der Waals surface area contributed by atoms with Crippen molar-refractivity contribution in [3.8, 4) is 5.75 Å². The van der Waals surface area contributed by atoms with Gasteiger partial charge in [0.1, 0.15) is 5.75 Å². The van der Waals surface area contributed by atoms with Crippen LogP contribution in [0.3, 0.4) is 0 Å². The van der Waals surface area contributed by atoms with Crippen LogP contribution in [0, 0.1) is 12.8 Å². The summed E-state index contributed by atoms with van der Waals surface area (Å²) in [5.74, 6) is 1.23. The largest absolute Gasteiger partial charge is 0.494 e. The topological polar surface area (TPSA) is 70.6 Å². The minimum absolute atomic E-state index is 0.164. The summed E-state index contributed by atoms with van der Waals surface area (Å²) in [5, 5.41) is 15.1. The zero-order valence-electron chi connectivity index (χ0n) is 14.1. The number of hydrogen-bond donors (Lipinski definition) is 3. The predicted octanol–water partition coefficient (Wildman–Crippen LogP) is 3.46. The summed E-state index contributed by atoms with van der Waals surface area (Å²) in [6.45, 7) is 4.98. The first kappa shape index (κ1) is 17.6. The quantitative estimate of drug-likeness (QED) is 0.752. The van der Waals surface area contributed by atoms with Gasteiger partial charge in [0.25, 0.3) is 0 Å². The molecule has 0 heterocycles. The van der Waals surface area contributed by atoms with Crippen molar-refractivity contribution in [1.82, 2.24) is 5.32 Å². The average Bonchev–Trinajstić information content (AvgIpc) is 2.56. The lowest BCUT2D eigenvalue weighted by molar-refractivity contribution is 0.176. The van der Waals surface area contributed by atoms with Crippen molar-refractivity contribution in [3.63, 3.8) is 0 Å². The van der Waals surface area contributed by atoms with Gasteiger partial charge in [-0.25, -0.2) is 4.79 Å². The molecule has 1 aromatic carbocycles. The lowest BCUT2D eigenvalue weighted by Gasteiger charge is -2.28. The standard InChI is InChI=1S/C18H28N2O3/c1-3-10-23-16-8-9-17(13(2)11-16)20-18(22)19-15-6-4-14(12-21)5-7-15/h8-9,11,14-15,21H,3-7,10,12H2,1-2H3,(H2,19,20,22). The molecule has 23 heavy (non-hydrogen) atoms. The molecular weight excluding hydrogens is 292 g/mol. The van der Waals surface area contributed by atoms with Crippen molar-refractivity contribution in [1.29, 1.82) is 0 Å². The highest BCUT2D eigenvalue weighted by atomic mass is 16.5. The average molecular weight is 320 g/mol. The van der Waals surface area contributed by atoms with Crippen molar-refractivity contribution in [3.05, 3.63) is 23.8 Å². The molecule has 1 fully saturated rings. The molecule has 0 unspecified atom stereocenters. The van der Waals surface area contributed by atoms with E-state index in [-0.39, 0.29) is 18.7 Å². The van der Waals surface area contributed by atoms with Gasteiger partial charge < -0.3 is 20.5 Å². The van der Waals surface area contributed by atoms with Gasteiger partial charge in [-0.3, -0.25) is 0 Å². The van der Waals surface area contributed by atoms with Crippen LogP contribution >= 0.6 is 0 Å². The van der Waals surface area contributed by atoms with Gasteiger partial charge in [0.05, 0.1) is 6.61 Å². The van der Waals surface area contributed by atoms with Gasteiger partial charge in [-0.2, -0.15) is 0 Å². The molecule has 2 rings (SSSR count). The fraction of sp³-hybridized carbons (Fsp3) is 0.611. The number of carbonyl (C=O) groups excluding carboxylic acids is 1. The Kier molecular flexibility index (Phi) is 6.71. The first-order valence-corrected chi connectivity index (χ1v) is 8.54. The van der Waals surface area contributed by atoms with Crippen LogP contribution in [-0.2, 0) is 0 Å². The molecule has 0 spiro atoms. The number of rotatable bonds is 6. The van der Waals surface area contributed by atoms with Gasteiger partial charge in [0.2, 0.25) is 0 Å². The van der Waals surface area contributed by atoms with E-state index in [0.717, 1.165) is 49.1 Å². The van der Waals surface area contributed by atoms with Gasteiger partial charge in [0.15, 0.2) is 0 Å². The fourth-order valence-corrected chi connectivity index (χ4v) is 2.92. The molecule has 5 nitrogen and oxygen atoms in total. The third kappa shape index (κ3) is 5.43. The summed E-state index contributed by atoms with van der Waals surface area (Å²) in [6, 6.07) is 5.73. The molecule has 128 valence electrons. The number of carbonyl (C=O) groups is 1. The van der Waals surface area contributed by atoms with E-state index < -0.39 is 0 Å². The van der Waals surface area contributed by atoms with Crippen molar-refractivity contribution < 1.29 is 14.6 Å². The van der Waals surface area contributed by atoms with E-state index in [0.29, 0.717) is 12.5 Å². The number of hydrogen-bond acceptors (Lipinski definition) is 3. The summed E-state index contributed by atoms with van der Waals surface area (Å²) in [4.78, 5) is 12.1. The van der Waals surface area contributed by atoms with Crippen LogP contribution in [0.5, 0.6) is 5.75 Å². The highest BCUT2D eigenvalue weighted by molar-refractivity contribution is 5.90. The summed E-state index contributed by atoms with van der Waals surface area (Å²) in [6.07, 6.45) is 4.79. The highest BCUT2D eigenvalue weighted by Crippen LogP contribution is 2.24. The maximum atomic E-state index is 12.1. The van der Waals surface area contributed by atoms with Crippen LogP contribution in [0.2, 0.25) is 0 Å². The van der Waals surface area contributed by atoms with Crippen molar-refractivity contribution in [2.75, 3.05) is 18.5 Å². The first-order chi connectivity index (χ1) is 11.1. The Bertz CT molecular complexity index is 511. The number of amides is 2. The Labute approximate surface area is 138 Å². The van der Waals surface area contributed by atoms with Gasteiger partial charge in [-0.1, -0.05) is 6.92 Å². The molecule has 2 amide bonds. The summed E-state index contributed by atoms with van der Waals surface area (Å²) in [5.41, 5.74) is 1.79. The number of benzene rings is 1. The maximum Gasteiger partial charge on any atom is 0.319 e. The number of anilines is 1. The normalized spacial score (nSPS) is 20.8. The third-order valence-electron chi connectivity index (χ3n) is 4.36. The lowest BCUT2D eigenvalue weighted by atomic mass is 9.87. The molecule has 0 aromatic heterocycles. The van der Waals surface area contributed by atoms with Gasteiger partial charge in [0, 0.05) is 18.3 Å². The number of urea groups is 1. The Morgan fingerprint density at radius 3 is 2.65 bits per heavy atom. The van der Waals surface area contributed by atoms with Crippen LogP contribution in [0.25, 0.3) is 0 Å². The monoisotopic (exact) mass is 320 g/mol. The van der Waals surface area contributed by atoms with E-state index >= 15 is 0 Å². The first-order valence-electron chi connectivity index (χ1n) is 8.54. The minimum atomic E-state index is -0.164. The van der Waals surface area contributed by atoms with Crippen LogP contribution in [0.1, 0.15) is 44.6 Å². The molecule has 0 saturated heterocycles. The SMILES string of the molecule is CCCOc1ccc(NC(=O)NC2CCC(CO)CC2)c(C)c1. The van der Waals surface area contributed by atoms with Crippen molar-refractivity contribution in [2.24, 2.45) is 5.92 Å². The van der Waals surface area contributed by atoms with Crippen molar-refractivity contribution in [2.45, 2.75) is 52.0 Å². The van der Waals surface area contributed by atoms with E-state index in [2.05, 4.69) is 17.6 Å². The van der Waals surface area contributed by atoms with Crippen LogP contribution in [0.15, 0.2) is 18.2 Å². The van der Waals surface area contributed by atoms with Gasteiger partial charge in [-0.05, 0) is 68.7 Å². The number of nitrogens with one attached hydrogen (secondary N) is 2. The zero-order chi connectivity index (χ0) is 16.7. The summed E-state index contributed by atoms with van der Waals surface area (Å²) in [7, 11) is 0. The number of aryl methyl sites for hydroxylation is 1. The summed E-state index contributed by atoms with van der Waals surface area (Å²) < 4.78 is 5.59. The molecule has 1 aliphatic rings. The Morgan fingerprint density at radius 2 is 2.04 bits per heavy atom. The second kappa shape index (κ2) is 8.77. The van der Waals surface area contributed by atoms with E-state index in [4.69, 9.17) is 9.84 Å². The molecule has 1 aromatic rings. The fourth-order valence-electron chi connectivity index (χ4n) is 2.92. The molecule has 3 N–H and O–H groups in total. The zero-order valence-corrected chi connectivity index (χ0v) is 14.1. The Balaban J connectivity index is 1.83. The Hall–Kier alpha value is -1.75. The third-order valence-corrected chi connectivity index (χ3v) is 4.36.